The Kier molecular flexibility index (Phi) is 2.06. The molecule has 0 aromatic heterocycles. The van der Waals surface area contributed by atoms with Gasteiger partial charge in [0.25, 0.3) is 0 Å². The fourth-order valence-corrected chi connectivity index (χ4v) is 3.32. The molecule has 1 saturated heterocycles. The van der Waals surface area contributed by atoms with E-state index >= 15 is 0 Å². The van der Waals surface area contributed by atoms with Gasteiger partial charge in [-0.2, -0.15) is 0 Å². The molecule has 2 nitrogen and oxygen atoms in total. The van der Waals surface area contributed by atoms with Crippen LogP contribution in [0.1, 0.15) is 19.3 Å². The molecule has 1 heterocycles. The highest BCUT2D eigenvalue weighted by Crippen LogP contribution is 2.44. The molecule has 2 fully saturated rings. The van der Waals surface area contributed by atoms with E-state index in [9.17, 15) is 0 Å². The highest BCUT2D eigenvalue weighted by atomic mass is 35.5. The molecule has 3 heteroatoms. The minimum Gasteiger partial charge on any atom is -0.397 e. The monoisotopic (exact) mass is 222 g/mol. The maximum absolute atomic E-state index is 6.23. The first-order valence-corrected chi connectivity index (χ1v) is 5.94. The number of benzene rings is 1. The van der Waals surface area contributed by atoms with E-state index in [0.29, 0.717) is 6.04 Å². The second kappa shape index (κ2) is 3.31. The molecule has 1 aliphatic carbocycles. The molecule has 2 N–H and O–H groups in total. The van der Waals surface area contributed by atoms with Crippen molar-refractivity contribution in [1.82, 2.24) is 0 Å². The maximum Gasteiger partial charge on any atom is 0.0791 e. The molecule has 2 bridgehead atoms. The van der Waals surface area contributed by atoms with Crippen LogP contribution in [-0.2, 0) is 0 Å². The Balaban J connectivity index is 1.99. The zero-order valence-electron chi connectivity index (χ0n) is 8.62. The third kappa shape index (κ3) is 1.39. The van der Waals surface area contributed by atoms with Crippen LogP contribution in [0.2, 0.25) is 5.02 Å². The number of fused-ring (bicyclic) bond motifs is 2. The fraction of sp³-hybridized carbons (Fsp3) is 0.500. The summed E-state index contributed by atoms with van der Waals surface area (Å²) in [5, 5.41) is 0.794. The number of nitrogen functional groups attached to an aromatic ring is 1. The van der Waals surface area contributed by atoms with Crippen molar-refractivity contribution in [3.63, 3.8) is 0 Å². The van der Waals surface area contributed by atoms with Crippen molar-refractivity contribution in [1.29, 1.82) is 0 Å². The van der Waals surface area contributed by atoms with E-state index in [1.165, 1.54) is 19.3 Å². The average Bonchev–Trinajstić information content (AvgIpc) is 2.79. The van der Waals surface area contributed by atoms with Crippen molar-refractivity contribution < 1.29 is 0 Å². The fourth-order valence-electron chi connectivity index (χ4n) is 3.03. The minimum atomic E-state index is 0.678. The van der Waals surface area contributed by atoms with Gasteiger partial charge in [-0.25, -0.2) is 0 Å². The SMILES string of the molecule is Nc1cccc(Cl)c1N1CC2CCC1C2. The van der Waals surface area contributed by atoms with E-state index in [4.69, 9.17) is 17.3 Å². The molecular weight excluding hydrogens is 208 g/mol. The molecule has 0 radical (unpaired) electrons. The predicted molar refractivity (Wildman–Crippen MR) is 64.3 cm³/mol. The highest BCUT2D eigenvalue weighted by Gasteiger charge is 2.38. The lowest BCUT2D eigenvalue weighted by Crippen LogP contribution is -2.32. The summed E-state index contributed by atoms with van der Waals surface area (Å²) in [4.78, 5) is 2.41. The number of hydrogen-bond donors (Lipinski definition) is 1. The van der Waals surface area contributed by atoms with Gasteiger partial charge in [-0.1, -0.05) is 17.7 Å². The van der Waals surface area contributed by atoms with Crippen molar-refractivity contribution in [3.05, 3.63) is 23.2 Å². The Labute approximate surface area is 95.0 Å². The first-order valence-electron chi connectivity index (χ1n) is 5.56. The molecule has 1 aromatic rings. The molecule has 0 spiro atoms. The summed E-state index contributed by atoms with van der Waals surface area (Å²) in [5.41, 5.74) is 7.88. The normalized spacial score (nSPS) is 28.7. The first kappa shape index (κ1) is 9.34. The van der Waals surface area contributed by atoms with Gasteiger partial charge in [-0.05, 0) is 37.3 Å². The lowest BCUT2D eigenvalue weighted by Gasteiger charge is -2.30. The van der Waals surface area contributed by atoms with Gasteiger partial charge in [-0.3, -0.25) is 0 Å². The Morgan fingerprint density at radius 1 is 1.33 bits per heavy atom. The molecule has 80 valence electrons. The summed E-state index contributed by atoms with van der Waals surface area (Å²) < 4.78 is 0. The number of anilines is 2. The maximum atomic E-state index is 6.23. The van der Waals surface area contributed by atoms with Crippen LogP contribution in [0.3, 0.4) is 0 Å². The van der Waals surface area contributed by atoms with E-state index in [-0.39, 0.29) is 0 Å². The van der Waals surface area contributed by atoms with Crippen LogP contribution in [0.4, 0.5) is 11.4 Å². The van der Waals surface area contributed by atoms with Crippen LogP contribution in [0.15, 0.2) is 18.2 Å². The Morgan fingerprint density at radius 3 is 2.80 bits per heavy atom. The summed E-state index contributed by atoms with van der Waals surface area (Å²) in [5.74, 6) is 0.866. The Bertz CT molecular complexity index is 371. The van der Waals surface area contributed by atoms with E-state index in [1.54, 1.807) is 0 Å². The number of para-hydroxylation sites is 1. The van der Waals surface area contributed by atoms with Gasteiger partial charge >= 0.3 is 0 Å². The lowest BCUT2D eigenvalue weighted by molar-refractivity contribution is 0.554. The summed E-state index contributed by atoms with van der Waals surface area (Å²) in [6.07, 6.45) is 4.01. The highest BCUT2D eigenvalue weighted by molar-refractivity contribution is 6.34. The predicted octanol–water partition coefficient (Wildman–Crippen LogP) is 2.91. The van der Waals surface area contributed by atoms with Crippen LogP contribution in [-0.4, -0.2) is 12.6 Å². The average molecular weight is 223 g/mol. The van der Waals surface area contributed by atoms with Crippen LogP contribution >= 0.6 is 11.6 Å². The number of rotatable bonds is 1. The molecule has 1 saturated carbocycles. The largest absolute Gasteiger partial charge is 0.397 e. The second-order valence-electron chi connectivity index (χ2n) is 4.66. The molecule has 3 rings (SSSR count). The number of halogens is 1. The zero-order chi connectivity index (χ0) is 10.4. The van der Waals surface area contributed by atoms with Crippen LogP contribution < -0.4 is 10.6 Å². The van der Waals surface area contributed by atoms with Crippen molar-refractivity contribution in [2.24, 2.45) is 5.92 Å². The molecule has 1 aromatic carbocycles. The third-order valence-electron chi connectivity index (χ3n) is 3.71. The summed E-state index contributed by atoms with van der Waals surface area (Å²) in [6, 6.07) is 6.46. The molecule has 15 heavy (non-hydrogen) atoms. The van der Waals surface area contributed by atoms with Crippen molar-refractivity contribution in [3.8, 4) is 0 Å². The van der Waals surface area contributed by atoms with Crippen molar-refractivity contribution in [2.75, 3.05) is 17.2 Å². The van der Waals surface area contributed by atoms with Gasteiger partial charge < -0.3 is 10.6 Å². The van der Waals surface area contributed by atoms with Gasteiger partial charge in [0.15, 0.2) is 0 Å². The zero-order valence-corrected chi connectivity index (χ0v) is 9.37. The molecule has 1 aliphatic heterocycles. The number of hydrogen-bond acceptors (Lipinski definition) is 2. The number of nitrogens with zero attached hydrogens (tertiary/aromatic N) is 1. The van der Waals surface area contributed by atoms with Gasteiger partial charge in [0, 0.05) is 12.6 Å². The molecule has 2 aliphatic rings. The van der Waals surface area contributed by atoms with Crippen molar-refractivity contribution >= 4 is 23.0 Å². The summed E-state index contributed by atoms with van der Waals surface area (Å²) in [6.45, 7) is 1.14. The van der Waals surface area contributed by atoms with E-state index < -0.39 is 0 Å². The minimum absolute atomic E-state index is 0.678. The quantitative estimate of drug-likeness (QED) is 0.741. The molecule has 0 amide bonds. The topological polar surface area (TPSA) is 29.3 Å². The number of nitrogens with two attached hydrogens (primary N) is 1. The van der Waals surface area contributed by atoms with Crippen molar-refractivity contribution in [2.45, 2.75) is 25.3 Å². The lowest BCUT2D eigenvalue weighted by atomic mass is 10.1. The van der Waals surface area contributed by atoms with Gasteiger partial charge in [-0.15, -0.1) is 0 Å². The van der Waals surface area contributed by atoms with E-state index in [2.05, 4.69) is 4.90 Å². The van der Waals surface area contributed by atoms with Gasteiger partial charge in [0.2, 0.25) is 0 Å². The standard InChI is InChI=1S/C12H15ClN2/c13-10-2-1-3-11(14)12(10)15-7-8-4-5-9(15)6-8/h1-3,8-9H,4-7,14H2. The first-order chi connectivity index (χ1) is 7.25. The summed E-state index contributed by atoms with van der Waals surface area (Å²) >= 11 is 6.23. The van der Waals surface area contributed by atoms with Gasteiger partial charge in [0.1, 0.15) is 0 Å². The van der Waals surface area contributed by atoms with E-state index in [1.807, 2.05) is 18.2 Å². The van der Waals surface area contributed by atoms with Crippen LogP contribution in [0.25, 0.3) is 0 Å². The summed E-state index contributed by atoms with van der Waals surface area (Å²) in [7, 11) is 0. The number of piperidine rings is 1. The molecule has 2 unspecified atom stereocenters. The van der Waals surface area contributed by atoms with Crippen LogP contribution in [0.5, 0.6) is 0 Å². The second-order valence-corrected chi connectivity index (χ2v) is 5.07. The van der Waals surface area contributed by atoms with E-state index in [0.717, 1.165) is 28.9 Å². The van der Waals surface area contributed by atoms with Crippen LogP contribution in [0, 0.1) is 5.92 Å². The third-order valence-corrected chi connectivity index (χ3v) is 4.02. The smallest absolute Gasteiger partial charge is 0.0791 e. The molecule has 2 atom stereocenters. The Hall–Kier alpha value is -0.890. The Morgan fingerprint density at radius 2 is 2.20 bits per heavy atom. The van der Waals surface area contributed by atoms with Gasteiger partial charge in [0.05, 0.1) is 16.4 Å². The molecular formula is C12H15ClN2.